The van der Waals surface area contributed by atoms with E-state index < -0.39 is 13.3 Å². The summed E-state index contributed by atoms with van der Waals surface area (Å²) < 4.78 is 5.38. The van der Waals surface area contributed by atoms with Crippen molar-refractivity contribution in [2.45, 2.75) is 59.5 Å². The van der Waals surface area contributed by atoms with Gasteiger partial charge >= 0.3 is 0 Å². The van der Waals surface area contributed by atoms with Crippen LogP contribution < -0.4 is 5.30 Å². The second-order valence-electron chi connectivity index (χ2n) is 6.46. The van der Waals surface area contributed by atoms with E-state index >= 15 is 0 Å². The number of fused-ring (bicyclic) bond motifs is 7. The summed E-state index contributed by atoms with van der Waals surface area (Å²) in [6.07, 6.45) is 9.03. The van der Waals surface area contributed by atoms with E-state index in [0.717, 1.165) is 36.3 Å². The molecule has 0 aliphatic heterocycles. The van der Waals surface area contributed by atoms with Crippen molar-refractivity contribution in [2.24, 2.45) is 0 Å². The Hall–Kier alpha value is 0.680. The van der Waals surface area contributed by atoms with Gasteiger partial charge in [-0.25, -0.2) is 0 Å². The Morgan fingerprint density at radius 2 is 1.63 bits per heavy atom. The highest BCUT2D eigenvalue weighted by Crippen LogP contribution is 2.56. The first-order valence-electron chi connectivity index (χ1n) is 9.08. The van der Waals surface area contributed by atoms with Crippen molar-refractivity contribution < 1.29 is 4.74 Å². The minimum absolute atomic E-state index is 0.592. The minimum Gasteiger partial charge on any atom is -0.380 e. The fourth-order valence-corrected chi connectivity index (χ4v) is 6.25. The number of halogens is 4. The van der Waals surface area contributed by atoms with Gasteiger partial charge in [0, 0.05) is 17.7 Å². The average Bonchev–Trinajstić information content (AvgIpc) is 2.59. The molecule has 0 fully saturated rings. The van der Waals surface area contributed by atoms with Gasteiger partial charge in [-0.2, -0.15) is 0 Å². The van der Waals surface area contributed by atoms with Crippen LogP contribution in [0, 0.1) is 0 Å². The molecule has 0 amide bonds. The molecular formula is C20H28Cl4OP2. The van der Waals surface area contributed by atoms with Gasteiger partial charge in [0.2, 0.25) is 0 Å². The highest BCUT2D eigenvalue weighted by molar-refractivity contribution is 8.09. The third-order valence-electron chi connectivity index (χ3n) is 4.13. The molecule has 0 N–H and O–H groups in total. The highest BCUT2D eigenvalue weighted by atomic mass is 35.9. The quantitative estimate of drug-likeness (QED) is 0.384. The third-order valence-corrected chi connectivity index (χ3v) is 7.99. The molecule has 0 heterocycles. The van der Waals surface area contributed by atoms with Crippen LogP contribution in [0.2, 0.25) is 0 Å². The van der Waals surface area contributed by atoms with Gasteiger partial charge in [-0.1, -0.05) is 89.0 Å². The number of hydrogen-bond donors (Lipinski definition) is 0. The zero-order valence-corrected chi connectivity index (χ0v) is 21.2. The van der Waals surface area contributed by atoms with Gasteiger partial charge in [0.25, 0.3) is 0 Å². The fourth-order valence-electron chi connectivity index (χ4n) is 2.83. The van der Waals surface area contributed by atoms with Gasteiger partial charge in [0.05, 0.1) is 6.61 Å². The van der Waals surface area contributed by atoms with Crippen LogP contribution in [-0.2, 0) is 24.2 Å². The Morgan fingerprint density at radius 3 is 2.19 bits per heavy atom. The van der Waals surface area contributed by atoms with E-state index in [1.165, 1.54) is 28.7 Å². The number of methoxy groups -OCH3 is 1. The third kappa shape index (κ3) is 8.52. The topological polar surface area (TPSA) is 9.23 Å². The summed E-state index contributed by atoms with van der Waals surface area (Å²) in [5.74, 6) is 0. The fraction of sp³-hybridized carbons (Fsp3) is 0.500. The molecule has 2 bridgehead atoms. The lowest BCUT2D eigenvalue weighted by Crippen LogP contribution is -2.11. The molecule has 27 heavy (non-hydrogen) atoms. The largest absolute Gasteiger partial charge is 0.380 e. The average molecular weight is 488 g/mol. The van der Waals surface area contributed by atoms with Crippen LogP contribution in [0.4, 0.5) is 0 Å². The molecule has 1 nitrogen and oxygen atoms in total. The molecule has 152 valence electrons. The van der Waals surface area contributed by atoms with Crippen molar-refractivity contribution in [3.63, 3.8) is 0 Å². The van der Waals surface area contributed by atoms with E-state index in [-0.39, 0.29) is 0 Å². The highest BCUT2D eigenvalue weighted by Gasteiger charge is 2.17. The summed E-state index contributed by atoms with van der Waals surface area (Å²) in [6, 6.07) is 4.37. The van der Waals surface area contributed by atoms with E-state index in [1.807, 2.05) is 0 Å². The normalized spacial score (nSPS) is 18.7. The molecule has 0 atom stereocenters. The molecule has 3 rings (SSSR count). The number of benzene rings is 1. The Balaban J connectivity index is 0.00000114. The Bertz CT molecular complexity index is 658. The molecule has 0 aromatic heterocycles. The smallest absolute Gasteiger partial charge is 0.117 e. The monoisotopic (exact) mass is 486 g/mol. The second kappa shape index (κ2) is 13.8. The molecule has 0 radical (unpaired) electrons. The van der Waals surface area contributed by atoms with Crippen LogP contribution in [0.3, 0.4) is 0 Å². The number of aryl methyl sites for hydroxylation is 2. The maximum atomic E-state index is 6.27. The summed E-state index contributed by atoms with van der Waals surface area (Å²) in [7, 11) is 1.72. The lowest BCUT2D eigenvalue weighted by atomic mass is 9.96. The van der Waals surface area contributed by atoms with Crippen molar-refractivity contribution in [2.75, 3.05) is 7.11 Å². The van der Waals surface area contributed by atoms with E-state index in [4.69, 9.17) is 49.7 Å². The van der Waals surface area contributed by atoms with Gasteiger partial charge < -0.3 is 4.74 Å². The lowest BCUT2D eigenvalue weighted by Gasteiger charge is -2.18. The van der Waals surface area contributed by atoms with Crippen LogP contribution in [-0.4, -0.2) is 7.11 Å². The van der Waals surface area contributed by atoms with E-state index in [2.05, 4.69) is 45.1 Å². The first-order chi connectivity index (χ1) is 12.8. The minimum atomic E-state index is -1.17. The van der Waals surface area contributed by atoms with E-state index in [1.54, 1.807) is 7.11 Å². The van der Waals surface area contributed by atoms with Gasteiger partial charge in [-0.3, -0.25) is 0 Å². The SMILES string of the molecule is CCC.COCc1cc2c(P(Cl)Cl)cc1CC/C(C)=C(P(Cl)Cl)/C=C/CC2. The number of ether oxygens (including phenoxy) is 1. The molecular weight excluding hydrogens is 460 g/mol. The van der Waals surface area contributed by atoms with Crippen molar-refractivity contribution in [1.29, 1.82) is 0 Å². The van der Waals surface area contributed by atoms with Crippen molar-refractivity contribution in [3.05, 3.63) is 51.9 Å². The summed E-state index contributed by atoms with van der Waals surface area (Å²) >= 11 is 24.9. The van der Waals surface area contributed by atoms with Gasteiger partial charge in [0.15, 0.2) is 0 Å². The molecule has 2 aliphatic carbocycles. The standard InChI is InChI=1S/C17H20Cl4OP2.C3H8/c1-12-7-8-13-10-17(24(20)21)14(9-15(13)11-22-2)5-3-4-6-16(12)23(18)19;1-3-2/h4,6,9-10H,3,5,7-8,11H2,1-2H3;3H2,1-2H3/b6-4+,16-12-;. The van der Waals surface area contributed by atoms with Gasteiger partial charge in [-0.15, -0.1) is 0 Å². The van der Waals surface area contributed by atoms with Crippen LogP contribution in [0.15, 0.2) is 35.2 Å². The number of hydrogen-bond acceptors (Lipinski definition) is 1. The second-order valence-corrected chi connectivity index (χ2v) is 13.5. The Kier molecular flexibility index (Phi) is 13.2. The summed E-state index contributed by atoms with van der Waals surface area (Å²) in [4.78, 5) is 0. The Morgan fingerprint density at radius 1 is 0.963 bits per heavy atom. The van der Waals surface area contributed by atoms with E-state index in [9.17, 15) is 0 Å². The zero-order chi connectivity index (χ0) is 20.4. The first kappa shape index (κ1) is 25.7. The predicted octanol–water partition coefficient (Wildman–Crippen LogP) is 9.16. The lowest BCUT2D eigenvalue weighted by molar-refractivity contribution is 0.184. The summed E-state index contributed by atoms with van der Waals surface area (Å²) in [5, 5.41) is 2.13. The Labute approximate surface area is 186 Å². The maximum absolute atomic E-state index is 6.27. The van der Waals surface area contributed by atoms with Crippen molar-refractivity contribution >= 4 is 63.5 Å². The predicted molar refractivity (Wildman–Crippen MR) is 128 cm³/mol. The van der Waals surface area contributed by atoms with Crippen molar-refractivity contribution in [1.82, 2.24) is 0 Å². The van der Waals surface area contributed by atoms with Crippen LogP contribution in [0.5, 0.6) is 0 Å². The molecule has 7 heteroatoms. The maximum Gasteiger partial charge on any atom is 0.117 e. The van der Waals surface area contributed by atoms with Crippen LogP contribution in [0.25, 0.3) is 0 Å². The van der Waals surface area contributed by atoms with Gasteiger partial charge in [-0.05, 0) is 55.4 Å². The molecule has 1 aromatic carbocycles. The van der Waals surface area contributed by atoms with Crippen LogP contribution in [0.1, 0.15) is 56.7 Å². The summed E-state index contributed by atoms with van der Waals surface area (Å²) in [6.45, 7) is 4.64. The van der Waals surface area contributed by atoms with Crippen molar-refractivity contribution in [3.8, 4) is 0 Å². The first-order valence-corrected chi connectivity index (χ1v) is 15.4. The molecule has 0 unspecified atom stereocenters. The molecule has 0 saturated heterocycles. The number of rotatable bonds is 4. The zero-order valence-electron chi connectivity index (χ0n) is 16.4. The molecule has 2 aliphatic rings. The molecule has 0 saturated carbocycles. The van der Waals surface area contributed by atoms with Gasteiger partial charge in [0.1, 0.15) is 13.3 Å². The molecule has 0 spiro atoms. The van der Waals surface area contributed by atoms with E-state index in [0.29, 0.717) is 6.61 Å². The summed E-state index contributed by atoms with van der Waals surface area (Å²) in [5.41, 5.74) is 4.88. The molecule has 1 aromatic rings. The number of allylic oxidation sites excluding steroid dienone is 4. The van der Waals surface area contributed by atoms with Crippen LogP contribution >= 0.6 is 58.2 Å².